The molecule has 0 aromatic heterocycles. The Balaban J connectivity index is 1.72. The third-order valence-corrected chi connectivity index (χ3v) is 7.75. The van der Waals surface area contributed by atoms with Crippen LogP contribution in [-0.2, 0) is 19.6 Å². The number of likely N-dealkylation sites (tertiary alicyclic amines) is 1. The van der Waals surface area contributed by atoms with Crippen molar-refractivity contribution in [1.82, 2.24) is 9.21 Å². The third kappa shape index (κ3) is 5.72. The summed E-state index contributed by atoms with van der Waals surface area (Å²) in [6, 6.07) is 4.61. The van der Waals surface area contributed by atoms with Crippen LogP contribution in [0.15, 0.2) is 23.1 Å². The first-order valence-electron chi connectivity index (χ1n) is 11.4. The van der Waals surface area contributed by atoms with Gasteiger partial charge in [-0.2, -0.15) is 4.31 Å². The number of nitrogens with zero attached hydrogens (tertiary/aromatic N) is 2. The normalized spacial score (nSPS) is 18.2. The largest absolute Gasteiger partial charge is 0.492 e. The predicted octanol–water partition coefficient (Wildman–Crippen LogP) is 3.07. The van der Waals surface area contributed by atoms with E-state index in [9.17, 15) is 18.0 Å². The van der Waals surface area contributed by atoms with Crippen LogP contribution in [0.5, 0.6) is 5.75 Å². The molecule has 0 atom stereocenters. The van der Waals surface area contributed by atoms with Gasteiger partial charge in [0.15, 0.2) is 0 Å². The molecule has 0 unspecified atom stereocenters. The average Bonchev–Trinajstić information content (AvgIpc) is 2.81. The summed E-state index contributed by atoms with van der Waals surface area (Å²) < 4.78 is 38.3. The molecule has 0 aliphatic carbocycles. The van der Waals surface area contributed by atoms with Crippen molar-refractivity contribution in [2.45, 2.75) is 50.8 Å². The lowest BCUT2D eigenvalue weighted by molar-refractivity contribution is -0.121. The number of rotatable bonds is 7. The first-order chi connectivity index (χ1) is 15.4. The smallest absolute Gasteiger partial charge is 0.409 e. The highest BCUT2D eigenvalue weighted by Gasteiger charge is 2.30. The van der Waals surface area contributed by atoms with Crippen LogP contribution >= 0.6 is 0 Å². The van der Waals surface area contributed by atoms with Crippen molar-refractivity contribution in [2.75, 3.05) is 44.7 Å². The zero-order chi connectivity index (χ0) is 23.1. The van der Waals surface area contributed by atoms with E-state index in [0.717, 1.165) is 19.3 Å². The number of sulfonamides is 1. The van der Waals surface area contributed by atoms with Crippen LogP contribution in [0, 0.1) is 5.92 Å². The van der Waals surface area contributed by atoms with Crippen molar-refractivity contribution >= 4 is 27.7 Å². The lowest BCUT2D eigenvalue weighted by Gasteiger charge is -2.30. The second-order valence-electron chi connectivity index (χ2n) is 8.01. The standard InChI is InChI=1S/C22H33N3O6S/c1-3-30-20-9-8-18(32(28,29)25-12-6-5-7-13-25)16-19(20)23-21(26)17-10-14-24(15-11-17)22(27)31-4-2/h8-9,16-17H,3-7,10-15H2,1-2H3,(H,23,26). The molecule has 2 aliphatic rings. The number of piperidine rings is 2. The number of hydrogen-bond donors (Lipinski definition) is 1. The number of carbonyl (C=O) groups is 2. The van der Waals surface area contributed by atoms with Crippen molar-refractivity contribution in [3.63, 3.8) is 0 Å². The molecule has 0 bridgehead atoms. The number of nitrogens with one attached hydrogen (secondary N) is 1. The van der Waals surface area contributed by atoms with Gasteiger partial charge >= 0.3 is 6.09 Å². The topological polar surface area (TPSA) is 105 Å². The molecule has 32 heavy (non-hydrogen) atoms. The van der Waals surface area contributed by atoms with E-state index in [1.807, 2.05) is 6.92 Å². The number of benzene rings is 1. The van der Waals surface area contributed by atoms with Gasteiger partial charge in [-0.3, -0.25) is 4.79 Å². The summed E-state index contributed by atoms with van der Waals surface area (Å²) in [5, 5.41) is 2.87. The molecule has 1 N–H and O–H groups in total. The third-order valence-electron chi connectivity index (χ3n) is 5.85. The number of anilines is 1. The molecule has 2 amide bonds. The minimum Gasteiger partial charge on any atom is -0.492 e. The van der Waals surface area contributed by atoms with Gasteiger partial charge in [-0.15, -0.1) is 0 Å². The number of hydrogen-bond acceptors (Lipinski definition) is 6. The summed E-state index contributed by atoms with van der Waals surface area (Å²) in [6.07, 6.45) is 3.40. The molecule has 0 saturated carbocycles. The highest BCUT2D eigenvalue weighted by Crippen LogP contribution is 2.31. The Morgan fingerprint density at radius 2 is 1.72 bits per heavy atom. The quantitative estimate of drug-likeness (QED) is 0.661. The molecule has 9 nitrogen and oxygen atoms in total. The molecule has 178 valence electrons. The van der Waals surface area contributed by atoms with Gasteiger partial charge in [-0.1, -0.05) is 6.42 Å². The zero-order valence-corrected chi connectivity index (χ0v) is 19.7. The molecule has 3 rings (SSSR count). The van der Waals surface area contributed by atoms with Gasteiger partial charge in [0.25, 0.3) is 0 Å². The van der Waals surface area contributed by atoms with Gasteiger partial charge in [-0.25, -0.2) is 13.2 Å². The van der Waals surface area contributed by atoms with E-state index < -0.39 is 10.0 Å². The monoisotopic (exact) mass is 467 g/mol. The highest BCUT2D eigenvalue weighted by molar-refractivity contribution is 7.89. The van der Waals surface area contributed by atoms with Crippen molar-refractivity contribution in [3.8, 4) is 5.75 Å². The Kier molecular flexibility index (Phi) is 8.36. The van der Waals surface area contributed by atoms with Crippen LogP contribution in [0.1, 0.15) is 46.0 Å². The van der Waals surface area contributed by atoms with E-state index in [1.165, 1.54) is 16.4 Å². The maximum Gasteiger partial charge on any atom is 0.409 e. The molecule has 1 aromatic carbocycles. The summed E-state index contributed by atoms with van der Waals surface area (Å²) in [5.41, 5.74) is 0.350. The molecular weight excluding hydrogens is 434 g/mol. The molecular formula is C22H33N3O6S. The van der Waals surface area contributed by atoms with E-state index in [4.69, 9.17) is 9.47 Å². The minimum absolute atomic E-state index is 0.148. The predicted molar refractivity (Wildman–Crippen MR) is 120 cm³/mol. The Labute approximate surface area is 190 Å². The van der Waals surface area contributed by atoms with Gasteiger partial charge in [0.2, 0.25) is 15.9 Å². The average molecular weight is 468 g/mol. The van der Waals surface area contributed by atoms with E-state index in [2.05, 4.69) is 5.32 Å². The van der Waals surface area contributed by atoms with Crippen LogP contribution in [0.4, 0.5) is 10.5 Å². The second kappa shape index (κ2) is 11.0. The SMILES string of the molecule is CCOC(=O)N1CCC(C(=O)Nc2cc(S(=O)(=O)N3CCCCC3)ccc2OCC)CC1. The maximum atomic E-state index is 13.1. The molecule has 2 fully saturated rings. The molecule has 2 heterocycles. The van der Waals surface area contributed by atoms with Gasteiger partial charge in [0.1, 0.15) is 5.75 Å². The Hall–Kier alpha value is -2.33. The fourth-order valence-corrected chi connectivity index (χ4v) is 5.62. The van der Waals surface area contributed by atoms with Crippen molar-refractivity contribution < 1.29 is 27.5 Å². The molecule has 2 saturated heterocycles. The Morgan fingerprint density at radius 1 is 1.03 bits per heavy atom. The Morgan fingerprint density at radius 3 is 2.34 bits per heavy atom. The van der Waals surface area contributed by atoms with Crippen LogP contribution < -0.4 is 10.1 Å². The summed E-state index contributed by atoms with van der Waals surface area (Å²) in [5.74, 6) is -0.0538. The lowest BCUT2D eigenvalue weighted by atomic mass is 9.96. The van der Waals surface area contributed by atoms with E-state index in [1.54, 1.807) is 17.9 Å². The fourth-order valence-electron chi connectivity index (χ4n) is 4.08. The summed E-state index contributed by atoms with van der Waals surface area (Å²) >= 11 is 0. The maximum absolute atomic E-state index is 13.1. The van der Waals surface area contributed by atoms with Crippen molar-refractivity contribution in [2.24, 2.45) is 5.92 Å². The second-order valence-corrected chi connectivity index (χ2v) is 9.94. The molecule has 2 aliphatic heterocycles. The van der Waals surface area contributed by atoms with Crippen LogP contribution in [0.25, 0.3) is 0 Å². The number of carbonyl (C=O) groups excluding carboxylic acids is 2. The van der Waals surface area contributed by atoms with Crippen molar-refractivity contribution in [3.05, 3.63) is 18.2 Å². The molecule has 0 spiro atoms. The van der Waals surface area contributed by atoms with Crippen LogP contribution in [-0.4, -0.2) is 69.0 Å². The van der Waals surface area contributed by atoms with E-state index in [-0.39, 0.29) is 22.8 Å². The molecule has 0 radical (unpaired) electrons. The minimum atomic E-state index is -3.63. The van der Waals surface area contributed by atoms with Gasteiger partial charge in [-0.05, 0) is 57.7 Å². The van der Waals surface area contributed by atoms with Crippen LogP contribution in [0.3, 0.4) is 0 Å². The summed E-state index contributed by atoms with van der Waals surface area (Å²) in [6.45, 7) is 6.20. The van der Waals surface area contributed by atoms with Gasteiger partial charge in [0.05, 0.1) is 23.8 Å². The Bertz CT molecular complexity index is 906. The number of amides is 2. The summed E-state index contributed by atoms with van der Waals surface area (Å²) in [4.78, 5) is 26.5. The van der Waals surface area contributed by atoms with Crippen LogP contribution in [0.2, 0.25) is 0 Å². The molecule has 1 aromatic rings. The first kappa shape index (κ1) is 24.3. The van der Waals surface area contributed by atoms with Gasteiger partial charge in [0, 0.05) is 32.1 Å². The first-order valence-corrected chi connectivity index (χ1v) is 12.8. The number of ether oxygens (including phenoxy) is 2. The van der Waals surface area contributed by atoms with Crippen molar-refractivity contribution in [1.29, 1.82) is 0 Å². The van der Waals surface area contributed by atoms with E-state index >= 15 is 0 Å². The molecule has 10 heteroatoms. The summed E-state index contributed by atoms with van der Waals surface area (Å²) in [7, 11) is -3.63. The van der Waals surface area contributed by atoms with E-state index in [0.29, 0.717) is 63.7 Å². The lowest BCUT2D eigenvalue weighted by Crippen LogP contribution is -2.41. The highest BCUT2D eigenvalue weighted by atomic mass is 32.2. The van der Waals surface area contributed by atoms with Gasteiger partial charge < -0.3 is 19.7 Å². The fraction of sp³-hybridized carbons (Fsp3) is 0.636. The zero-order valence-electron chi connectivity index (χ0n) is 18.8.